The van der Waals surface area contributed by atoms with Crippen molar-refractivity contribution in [1.29, 1.82) is 0 Å². The minimum atomic E-state index is -0.435. The van der Waals surface area contributed by atoms with Crippen molar-refractivity contribution < 1.29 is 14.3 Å². The second-order valence-electron chi connectivity index (χ2n) is 3.82. The molecule has 88 valence electrons. The van der Waals surface area contributed by atoms with Crippen LogP contribution in [-0.2, 0) is 14.3 Å². The molecule has 16 heavy (non-hydrogen) atoms. The fraction of sp³-hybridized carbons (Fsp3) is 0.538. The Labute approximate surface area is 96.2 Å². The van der Waals surface area contributed by atoms with Crippen LogP contribution in [0.25, 0.3) is 0 Å². The molecule has 1 aliphatic rings. The summed E-state index contributed by atoms with van der Waals surface area (Å²) in [6, 6.07) is 0. The fourth-order valence-corrected chi connectivity index (χ4v) is 1.53. The molecule has 0 aromatic heterocycles. The first-order valence-corrected chi connectivity index (χ1v) is 5.83. The Morgan fingerprint density at radius 3 is 2.50 bits per heavy atom. The van der Waals surface area contributed by atoms with Crippen molar-refractivity contribution >= 4 is 11.6 Å². The van der Waals surface area contributed by atoms with Crippen molar-refractivity contribution in [2.75, 3.05) is 6.61 Å². The molecule has 0 unspecified atom stereocenters. The van der Waals surface area contributed by atoms with Crippen molar-refractivity contribution in [3.05, 3.63) is 23.5 Å². The highest BCUT2D eigenvalue weighted by molar-refractivity contribution is 6.48. The Morgan fingerprint density at radius 1 is 1.12 bits per heavy atom. The Balaban J connectivity index is 2.83. The first kappa shape index (κ1) is 12.7. The number of hydrogen-bond donors (Lipinski definition) is 0. The van der Waals surface area contributed by atoms with Crippen LogP contribution in [0.1, 0.15) is 39.5 Å². The number of ketones is 2. The average Bonchev–Trinajstić information content (AvgIpc) is 2.29. The predicted octanol–water partition coefficient (Wildman–Crippen LogP) is 2.57. The van der Waals surface area contributed by atoms with Gasteiger partial charge in [-0.15, -0.1) is 0 Å². The smallest absolute Gasteiger partial charge is 0.232 e. The SMILES string of the molecule is CCCCC1=C(OCCC)C=CC(=O)C1=O. The minimum Gasteiger partial charge on any atom is -0.493 e. The van der Waals surface area contributed by atoms with Crippen molar-refractivity contribution in [3.63, 3.8) is 0 Å². The summed E-state index contributed by atoms with van der Waals surface area (Å²) in [6.45, 7) is 4.64. The van der Waals surface area contributed by atoms with Gasteiger partial charge in [-0.05, 0) is 31.4 Å². The number of rotatable bonds is 6. The van der Waals surface area contributed by atoms with Crippen LogP contribution in [0.2, 0.25) is 0 Å². The van der Waals surface area contributed by atoms with Gasteiger partial charge in [-0.1, -0.05) is 20.3 Å². The van der Waals surface area contributed by atoms with Crippen LogP contribution in [-0.4, -0.2) is 18.2 Å². The second-order valence-corrected chi connectivity index (χ2v) is 3.82. The summed E-state index contributed by atoms with van der Waals surface area (Å²) in [4.78, 5) is 22.9. The van der Waals surface area contributed by atoms with Gasteiger partial charge in [0.15, 0.2) is 0 Å². The number of Topliss-reactive ketones (excluding diaryl/α,β-unsaturated/α-hetero) is 1. The lowest BCUT2D eigenvalue weighted by Crippen LogP contribution is -2.20. The van der Waals surface area contributed by atoms with Crippen LogP contribution >= 0.6 is 0 Å². The third kappa shape index (κ3) is 3.05. The van der Waals surface area contributed by atoms with Crippen molar-refractivity contribution in [1.82, 2.24) is 0 Å². The maximum Gasteiger partial charge on any atom is 0.232 e. The van der Waals surface area contributed by atoms with E-state index < -0.39 is 11.6 Å². The van der Waals surface area contributed by atoms with Gasteiger partial charge in [-0.2, -0.15) is 0 Å². The zero-order chi connectivity index (χ0) is 12.0. The van der Waals surface area contributed by atoms with Crippen molar-refractivity contribution in [2.45, 2.75) is 39.5 Å². The average molecular weight is 222 g/mol. The van der Waals surface area contributed by atoms with Gasteiger partial charge >= 0.3 is 0 Å². The first-order valence-electron chi connectivity index (χ1n) is 5.83. The Hall–Kier alpha value is -1.38. The topological polar surface area (TPSA) is 43.4 Å². The fourth-order valence-electron chi connectivity index (χ4n) is 1.53. The molecule has 0 aromatic rings. The first-order chi connectivity index (χ1) is 7.70. The lowest BCUT2D eigenvalue weighted by molar-refractivity contribution is -0.132. The van der Waals surface area contributed by atoms with Gasteiger partial charge in [0.2, 0.25) is 11.6 Å². The molecule has 0 N–H and O–H groups in total. The molecule has 3 heteroatoms. The van der Waals surface area contributed by atoms with Gasteiger partial charge in [-0.25, -0.2) is 0 Å². The molecule has 0 spiro atoms. The summed E-state index contributed by atoms with van der Waals surface area (Å²) in [5, 5.41) is 0. The molecule has 0 radical (unpaired) electrons. The summed E-state index contributed by atoms with van der Waals surface area (Å²) in [5.74, 6) is -0.253. The van der Waals surface area contributed by atoms with Crippen LogP contribution in [0.15, 0.2) is 23.5 Å². The largest absolute Gasteiger partial charge is 0.493 e. The number of ether oxygens (including phenoxy) is 1. The molecule has 0 fully saturated rings. The second kappa shape index (κ2) is 6.26. The zero-order valence-corrected chi connectivity index (χ0v) is 9.91. The van der Waals surface area contributed by atoms with E-state index in [4.69, 9.17) is 4.74 Å². The van der Waals surface area contributed by atoms with E-state index >= 15 is 0 Å². The predicted molar refractivity (Wildman–Crippen MR) is 61.9 cm³/mol. The monoisotopic (exact) mass is 222 g/mol. The molecule has 3 nitrogen and oxygen atoms in total. The van der Waals surface area contributed by atoms with Gasteiger partial charge in [0.1, 0.15) is 5.76 Å². The van der Waals surface area contributed by atoms with Gasteiger partial charge in [0.05, 0.1) is 6.61 Å². The van der Waals surface area contributed by atoms with Crippen LogP contribution in [0.3, 0.4) is 0 Å². The zero-order valence-electron chi connectivity index (χ0n) is 9.91. The highest BCUT2D eigenvalue weighted by Crippen LogP contribution is 2.20. The standard InChI is InChI=1S/C13H18O3/c1-3-5-6-10-12(16-9-4-2)8-7-11(14)13(10)15/h7-8H,3-6,9H2,1-2H3. The van der Waals surface area contributed by atoms with Crippen LogP contribution in [0.5, 0.6) is 0 Å². The molecule has 0 atom stereocenters. The highest BCUT2D eigenvalue weighted by Gasteiger charge is 2.24. The van der Waals surface area contributed by atoms with Crippen LogP contribution in [0.4, 0.5) is 0 Å². The summed E-state index contributed by atoms with van der Waals surface area (Å²) >= 11 is 0. The van der Waals surface area contributed by atoms with E-state index in [1.165, 1.54) is 6.08 Å². The van der Waals surface area contributed by atoms with Gasteiger partial charge in [0, 0.05) is 5.57 Å². The molecule has 1 rings (SSSR count). The Morgan fingerprint density at radius 2 is 1.88 bits per heavy atom. The lowest BCUT2D eigenvalue weighted by Gasteiger charge is -2.14. The molecule has 0 bridgehead atoms. The third-order valence-corrected chi connectivity index (χ3v) is 2.42. The summed E-state index contributed by atoms with van der Waals surface area (Å²) in [5.41, 5.74) is 0.544. The van der Waals surface area contributed by atoms with E-state index in [2.05, 4.69) is 6.92 Å². The molecule has 0 saturated heterocycles. The van der Waals surface area contributed by atoms with E-state index in [1.54, 1.807) is 6.08 Å². The molecule has 0 aromatic carbocycles. The van der Waals surface area contributed by atoms with E-state index in [-0.39, 0.29) is 0 Å². The van der Waals surface area contributed by atoms with Crippen LogP contribution < -0.4 is 0 Å². The highest BCUT2D eigenvalue weighted by atomic mass is 16.5. The number of hydrogen-bond acceptors (Lipinski definition) is 3. The van der Waals surface area contributed by atoms with Gasteiger partial charge in [0.25, 0.3) is 0 Å². The van der Waals surface area contributed by atoms with E-state index in [0.717, 1.165) is 19.3 Å². The summed E-state index contributed by atoms with van der Waals surface area (Å²) < 4.78 is 5.48. The maximum atomic E-state index is 11.7. The molecule has 0 aliphatic heterocycles. The number of carbonyl (C=O) groups is 2. The minimum absolute atomic E-state index is 0.401. The molecule has 0 amide bonds. The Kier molecular flexibility index (Phi) is 4.96. The van der Waals surface area contributed by atoms with E-state index in [1.807, 2.05) is 6.92 Å². The molecular formula is C13H18O3. The van der Waals surface area contributed by atoms with Crippen molar-refractivity contribution in [3.8, 4) is 0 Å². The maximum absolute atomic E-state index is 11.7. The number of allylic oxidation sites excluding steroid dienone is 3. The molecule has 1 aliphatic carbocycles. The summed E-state index contributed by atoms with van der Waals surface area (Å²) in [7, 11) is 0. The Bertz CT molecular complexity index is 337. The third-order valence-electron chi connectivity index (χ3n) is 2.42. The summed E-state index contributed by atoms with van der Waals surface area (Å²) in [6.07, 6.45) is 6.33. The molecule has 0 saturated carbocycles. The molecule has 0 heterocycles. The van der Waals surface area contributed by atoms with Crippen molar-refractivity contribution in [2.24, 2.45) is 0 Å². The van der Waals surface area contributed by atoms with E-state index in [9.17, 15) is 9.59 Å². The van der Waals surface area contributed by atoms with Crippen LogP contribution in [0, 0.1) is 0 Å². The lowest BCUT2D eigenvalue weighted by atomic mass is 9.96. The van der Waals surface area contributed by atoms with Gasteiger partial charge < -0.3 is 4.74 Å². The number of carbonyl (C=O) groups excluding carboxylic acids is 2. The quantitative estimate of drug-likeness (QED) is 0.512. The van der Waals surface area contributed by atoms with E-state index in [0.29, 0.717) is 24.4 Å². The number of unbranched alkanes of at least 4 members (excludes halogenated alkanes) is 1. The normalized spacial score (nSPS) is 15.9. The molecular weight excluding hydrogens is 204 g/mol. The van der Waals surface area contributed by atoms with Gasteiger partial charge in [-0.3, -0.25) is 9.59 Å².